The van der Waals surface area contributed by atoms with E-state index in [9.17, 15) is 15.0 Å². The average molecular weight is 452 g/mol. The number of phenols is 2. The highest BCUT2D eigenvalue weighted by Crippen LogP contribution is 2.62. The van der Waals surface area contributed by atoms with Crippen molar-refractivity contribution in [3.8, 4) is 23.0 Å². The molecule has 2 aromatic rings. The number of amides is 1. The van der Waals surface area contributed by atoms with E-state index in [2.05, 4.69) is 5.32 Å². The first kappa shape index (κ1) is 21.9. The highest BCUT2D eigenvalue weighted by atomic mass is 16.5. The number of benzene rings is 2. The van der Waals surface area contributed by atoms with E-state index in [1.807, 2.05) is 12.1 Å². The molecule has 6 rings (SSSR count). The van der Waals surface area contributed by atoms with Gasteiger partial charge in [0.05, 0.1) is 19.8 Å². The van der Waals surface area contributed by atoms with E-state index in [1.54, 1.807) is 20.3 Å². The van der Waals surface area contributed by atoms with Crippen molar-refractivity contribution in [2.24, 2.45) is 17.8 Å². The Morgan fingerprint density at radius 3 is 2.18 bits per heavy atom. The Bertz CT molecular complexity index is 1030. The number of hydrogen-bond acceptors (Lipinski definition) is 5. The van der Waals surface area contributed by atoms with Gasteiger partial charge in [0.1, 0.15) is 23.0 Å². The molecular formula is C27H33NO5. The molecule has 6 nitrogen and oxygen atoms in total. The van der Waals surface area contributed by atoms with Crippen molar-refractivity contribution in [2.75, 3.05) is 20.8 Å². The summed E-state index contributed by atoms with van der Waals surface area (Å²) in [5, 5.41) is 22.4. The molecule has 0 atom stereocenters. The summed E-state index contributed by atoms with van der Waals surface area (Å²) < 4.78 is 11.4. The Labute approximate surface area is 194 Å². The molecule has 0 radical (unpaired) electrons. The minimum atomic E-state index is -0.196. The number of carbonyl (C=O) groups excluding carboxylic acids is 1. The highest BCUT2D eigenvalue weighted by Gasteiger charge is 2.52. The molecule has 0 aliphatic heterocycles. The zero-order chi connectivity index (χ0) is 23.2. The van der Waals surface area contributed by atoms with Crippen LogP contribution in [0.3, 0.4) is 0 Å². The molecule has 4 fully saturated rings. The van der Waals surface area contributed by atoms with E-state index in [1.165, 1.54) is 50.7 Å². The van der Waals surface area contributed by atoms with Crippen LogP contribution in [0.4, 0.5) is 0 Å². The van der Waals surface area contributed by atoms with E-state index in [0.717, 1.165) is 29.1 Å². The van der Waals surface area contributed by atoms with Crippen LogP contribution in [0.1, 0.15) is 60.0 Å². The van der Waals surface area contributed by atoms with Crippen molar-refractivity contribution >= 4 is 5.91 Å². The van der Waals surface area contributed by atoms with Crippen LogP contribution in [0.5, 0.6) is 23.0 Å². The SMILES string of the molecule is COc1cc(OC)c(C23CC4CC(CC(C4)C2)C3)cc1C(=O)NCCc1ccc(O)cc1O. The van der Waals surface area contributed by atoms with E-state index < -0.39 is 0 Å². The van der Waals surface area contributed by atoms with Crippen LogP contribution >= 0.6 is 0 Å². The topological polar surface area (TPSA) is 88.0 Å². The second kappa shape index (κ2) is 8.47. The Balaban J connectivity index is 1.39. The predicted molar refractivity (Wildman–Crippen MR) is 125 cm³/mol. The van der Waals surface area contributed by atoms with Crippen molar-refractivity contribution in [2.45, 2.75) is 50.4 Å². The van der Waals surface area contributed by atoms with Crippen LogP contribution in [0, 0.1) is 17.8 Å². The summed E-state index contributed by atoms with van der Waals surface area (Å²) >= 11 is 0. The molecule has 4 aliphatic rings. The van der Waals surface area contributed by atoms with Gasteiger partial charge in [-0.3, -0.25) is 4.79 Å². The van der Waals surface area contributed by atoms with Crippen molar-refractivity contribution in [3.63, 3.8) is 0 Å². The molecule has 6 heteroatoms. The monoisotopic (exact) mass is 451 g/mol. The number of aromatic hydroxyl groups is 2. The largest absolute Gasteiger partial charge is 0.508 e. The maximum atomic E-state index is 13.2. The Hall–Kier alpha value is -2.89. The maximum Gasteiger partial charge on any atom is 0.255 e. The van der Waals surface area contributed by atoms with Gasteiger partial charge in [0.2, 0.25) is 0 Å². The van der Waals surface area contributed by atoms with E-state index >= 15 is 0 Å². The molecule has 0 unspecified atom stereocenters. The maximum absolute atomic E-state index is 13.2. The summed E-state index contributed by atoms with van der Waals surface area (Å²) in [6, 6.07) is 8.38. The zero-order valence-electron chi connectivity index (χ0n) is 19.4. The number of hydrogen-bond donors (Lipinski definition) is 3. The summed E-state index contributed by atoms with van der Waals surface area (Å²) in [7, 11) is 3.27. The minimum absolute atomic E-state index is 0.0143. The second-order valence-electron chi connectivity index (χ2n) is 10.3. The minimum Gasteiger partial charge on any atom is -0.508 e. The van der Waals surface area contributed by atoms with Gasteiger partial charge >= 0.3 is 0 Å². The van der Waals surface area contributed by atoms with Crippen molar-refractivity contribution in [1.82, 2.24) is 5.32 Å². The number of methoxy groups -OCH3 is 2. The van der Waals surface area contributed by atoms with Crippen molar-refractivity contribution in [3.05, 3.63) is 47.0 Å². The first-order valence-electron chi connectivity index (χ1n) is 12.0. The van der Waals surface area contributed by atoms with Crippen LogP contribution in [0.25, 0.3) is 0 Å². The lowest BCUT2D eigenvalue weighted by atomic mass is 9.48. The van der Waals surface area contributed by atoms with Gasteiger partial charge in [-0.25, -0.2) is 0 Å². The summed E-state index contributed by atoms with van der Waals surface area (Å²) in [4.78, 5) is 13.2. The summed E-state index contributed by atoms with van der Waals surface area (Å²) in [6.07, 6.45) is 8.08. The molecule has 0 spiro atoms. The average Bonchev–Trinajstić information content (AvgIpc) is 2.78. The summed E-state index contributed by atoms with van der Waals surface area (Å²) in [6.45, 7) is 0.360. The molecule has 4 bridgehead atoms. The molecule has 2 aromatic carbocycles. The highest BCUT2D eigenvalue weighted by molar-refractivity contribution is 5.97. The van der Waals surface area contributed by atoms with E-state index in [0.29, 0.717) is 29.8 Å². The number of nitrogens with one attached hydrogen (secondary N) is 1. The molecule has 176 valence electrons. The number of rotatable bonds is 7. The smallest absolute Gasteiger partial charge is 0.255 e. The quantitative estimate of drug-likeness (QED) is 0.575. The van der Waals surface area contributed by atoms with Gasteiger partial charge in [-0.2, -0.15) is 0 Å². The third-order valence-corrected chi connectivity index (χ3v) is 8.12. The fraction of sp³-hybridized carbons (Fsp3) is 0.519. The summed E-state index contributed by atoms with van der Waals surface area (Å²) in [5.74, 6) is 3.54. The molecule has 0 aromatic heterocycles. The molecule has 1 amide bonds. The molecular weight excluding hydrogens is 418 g/mol. The lowest BCUT2D eigenvalue weighted by Crippen LogP contribution is -2.48. The molecule has 4 aliphatic carbocycles. The second-order valence-corrected chi connectivity index (χ2v) is 10.3. The Morgan fingerprint density at radius 1 is 0.970 bits per heavy atom. The van der Waals surface area contributed by atoms with Gasteiger partial charge in [-0.1, -0.05) is 6.07 Å². The standard InChI is InChI=1S/C27H33NO5/c1-32-24-12-25(33-2)22(27-13-16-7-17(14-27)9-18(8-16)15-27)11-21(24)26(31)28-6-5-19-3-4-20(29)10-23(19)30/h3-4,10-12,16-18,29-30H,5-9,13-15H2,1-2H3,(H,28,31). The molecule has 33 heavy (non-hydrogen) atoms. The molecule has 4 saturated carbocycles. The Kier molecular flexibility index (Phi) is 5.63. The van der Waals surface area contributed by atoms with Crippen LogP contribution < -0.4 is 14.8 Å². The first-order chi connectivity index (χ1) is 15.9. The third-order valence-electron chi connectivity index (χ3n) is 8.12. The van der Waals surface area contributed by atoms with Gasteiger partial charge < -0.3 is 25.0 Å². The molecule has 0 saturated heterocycles. The van der Waals surface area contributed by atoms with Crippen LogP contribution in [0.15, 0.2) is 30.3 Å². The predicted octanol–water partition coefficient (Wildman–Crippen LogP) is 4.56. The van der Waals surface area contributed by atoms with Crippen molar-refractivity contribution in [1.29, 1.82) is 0 Å². The van der Waals surface area contributed by atoms with Gasteiger partial charge in [-0.15, -0.1) is 0 Å². The number of ether oxygens (including phenoxy) is 2. The third kappa shape index (κ3) is 4.00. The Morgan fingerprint density at radius 2 is 1.61 bits per heavy atom. The van der Waals surface area contributed by atoms with Crippen LogP contribution in [-0.4, -0.2) is 36.9 Å². The van der Waals surface area contributed by atoms with E-state index in [-0.39, 0.29) is 22.8 Å². The lowest BCUT2D eigenvalue weighted by Gasteiger charge is -2.57. The number of carbonyl (C=O) groups is 1. The molecule has 3 N–H and O–H groups in total. The summed E-state index contributed by atoms with van der Waals surface area (Å²) in [5.41, 5.74) is 2.45. The molecule has 0 heterocycles. The normalized spacial score (nSPS) is 27.4. The fourth-order valence-corrected chi connectivity index (χ4v) is 7.10. The van der Waals surface area contributed by atoms with Gasteiger partial charge in [0.25, 0.3) is 5.91 Å². The van der Waals surface area contributed by atoms with Crippen LogP contribution in [0.2, 0.25) is 0 Å². The number of phenolic OH excluding ortho intramolecular Hbond substituents is 2. The van der Waals surface area contributed by atoms with E-state index in [4.69, 9.17) is 9.47 Å². The van der Waals surface area contributed by atoms with Gasteiger partial charge in [0, 0.05) is 24.2 Å². The zero-order valence-corrected chi connectivity index (χ0v) is 19.4. The lowest BCUT2D eigenvalue weighted by molar-refractivity contribution is -0.00619. The van der Waals surface area contributed by atoms with Gasteiger partial charge in [-0.05, 0) is 85.8 Å². The first-order valence-corrected chi connectivity index (χ1v) is 12.0. The van der Waals surface area contributed by atoms with Gasteiger partial charge in [0.15, 0.2) is 0 Å². The van der Waals surface area contributed by atoms with Crippen LogP contribution in [-0.2, 0) is 11.8 Å². The fourth-order valence-electron chi connectivity index (χ4n) is 7.10. The van der Waals surface area contributed by atoms with Crippen molar-refractivity contribution < 1.29 is 24.5 Å².